The Kier molecular flexibility index (Phi) is 6.63. The van der Waals surface area contributed by atoms with Gasteiger partial charge in [-0.15, -0.1) is 0 Å². The molecule has 1 unspecified atom stereocenters. The summed E-state index contributed by atoms with van der Waals surface area (Å²) in [7, 11) is 1.63. The normalized spacial score (nSPS) is 11.7. The van der Waals surface area contributed by atoms with Crippen LogP contribution in [0.3, 0.4) is 0 Å². The highest BCUT2D eigenvalue weighted by molar-refractivity contribution is 5.76. The van der Waals surface area contributed by atoms with Crippen LogP contribution < -0.4 is 10.1 Å². The number of carbonyl (C=O) groups is 1. The summed E-state index contributed by atoms with van der Waals surface area (Å²) >= 11 is 0. The van der Waals surface area contributed by atoms with Crippen LogP contribution in [0.2, 0.25) is 0 Å². The summed E-state index contributed by atoms with van der Waals surface area (Å²) in [6.45, 7) is 0.274. The van der Waals surface area contributed by atoms with E-state index < -0.39 is 6.10 Å². The van der Waals surface area contributed by atoms with Gasteiger partial charge in [0.1, 0.15) is 5.75 Å². The van der Waals surface area contributed by atoms with E-state index in [1.807, 2.05) is 54.6 Å². The maximum absolute atomic E-state index is 11.8. The lowest BCUT2D eigenvalue weighted by Crippen LogP contribution is -2.33. The summed E-state index contributed by atoms with van der Waals surface area (Å²) in [5.41, 5.74) is 2.15. The molecule has 2 aromatic carbocycles. The second-order valence-electron chi connectivity index (χ2n) is 5.50. The minimum absolute atomic E-state index is 0.0482. The predicted molar refractivity (Wildman–Crippen MR) is 90.5 cm³/mol. The standard InChI is InChI=1S/C19H23NO3/c1-23-18-10-7-15(8-11-18)9-12-19(22)20-14-17(21)13-16-5-3-2-4-6-16/h2-8,10-11,17,21H,9,12-14H2,1H3,(H,20,22). The highest BCUT2D eigenvalue weighted by Crippen LogP contribution is 2.12. The Balaban J connectivity index is 1.68. The fourth-order valence-electron chi connectivity index (χ4n) is 2.33. The van der Waals surface area contributed by atoms with Gasteiger partial charge in [-0.3, -0.25) is 4.79 Å². The lowest BCUT2D eigenvalue weighted by atomic mass is 10.1. The number of benzene rings is 2. The van der Waals surface area contributed by atoms with Crippen molar-refractivity contribution in [3.63, 3.8) is 0 Å². The van der Waals surface area contributed by atoms with Gasteiger partial charge in [-0.25, -0.2) is 0 Å². The van der Waals surface area contributed by atoms with Gasteiger partial charge >= 0.3 is 0 Å². The Labute approximate surface area is 137 Å². The molecule has 2 aromatic rings. The van der Waals surface area contributed by atoms with Crippen LogP contribution in [0.5, 0.6) is 5.75 Å². The molecule has 1 atom stereocenters. The molecule has 4 nitrogen and oxygen atoms in total. The largest absolute Gasteiger partial charge is 0.497 e. The van der Waals surface area contributed by atoms with Crippen LogP contribution in [0.15, 0.2) is 54.6 Å². The van der Waals surface area contributed by atoms with Gasteiger partial charge < -0.3 is 15.2 Å². The third-order valence-corrected chi connectivity index (χ3v) is 3.65. The maximum atomic E-state index is 11.8. The fourth-order valence-corrected chi connectivity index (χ4v) is 2.33. The van der Waals surface area contributed by atoms with Gasteiger partial charge in [0, 0.05) is 19.4 Å². The van der Waals surface area contributed by atoms with E-state index in [0.717, 1.165) is 16.9 Å². The molecule has 23 heavy (non-hydrogen) atoms. The Morgan fingerprint density at radius 2 is 1.78 bits per heavy atom. The van der Waals surface area contributed by atoms with Gasteiger partial charge in [0.05, 0.1) is 13.2 Å². The van der Waals surface area contributed by atoms with Crippen molar-refractivity contribution < 1.29 is 14.6 Å². The van der Waals surface area contributed by atoms with E-state index in [1.54, 1.807) is 7.11 Å². The van der Waals surface area contributed by atoms with E-state index in [9.17, 15) is 9.90 Å². The van der Waals surface area contributed by atoms with Crippen molar-refractivity contribution in [2.24, 2.45) is 0 Å². The molecular formula is C19H23NO3. The monoisotopic (exact) mass is 313 g/mol. The minimum Gasteiger partial charge on any atom is -0.497 e. The molecule has 1 amide bonds. The summed E-state index contributed by atoms with van der Waals surface area (Å²) in [5, 5.41) is 12.7. The molecule has 0 aliphatic rings. The zero-order chi connectivity index (χ0) is 16.5. The second-order valence-corrected chi connectivity index (χ2v) is 5.50. The van der Waals surface area contributed by atoms with Gasteiger partial charge in [-0.05, 0) is 29.7 Å². The number of aliphatic hydroxyl groups is 1. The molecule has 122 valence electrons. The quantitative estimate of drug-likeness (QED) is 0.786. The Morgan fingerprint density at radius 1 is 1.09 bits per heavy atom. The van der Waals surface area contributed by atoms with Crippen molar-refractivity contribution >= 4 is 5.91 Å². The van der Waals surface area contributed by atoms with Crippen LogP contribution in [-0.4, -0.2) is 30.8 Å². The van der Waals surface area contributed by atoms with Crippen LogP contribution in [0, 0.1) is 0 Å². The first-order valence-electron chi connectivity index (χ1n) is 7.79. The number of aryl methyl sites for hydroxylation is 1. The number of rotatable bonds is 8. The van der Waals surface area contributed by atoms with Crippen molar-refractivity contribution in [2.45, 2.75) is 25.4 Å². The molecule has 4 heteroatoms. The van der Waals surface area contributed by atoms with Crippen molar-refractivity contribution in [1.82, 2.24) is 5.32 Å². The number of nitrogens with one attached hydrogen (secondary N) is 1. The van der Waals surface area contributed by atoms with Crippen LogP contribution >= 0.6 is 0 Å². The van der Waals surface area contributed by atoms with E-state index in [2.05, 4.69) is 5.32 Å². The Morgan fingerprint density at radius 3 is 2.43 bits per heavy atom. The first kappa shape index (κ1) is 17.0. The Bertz CT molecular complexity index is 596. The summed E-state index contributed by atoms with van der Waals surface area (Å²) < 4.78 is 5.10. The molecule has 0 fully saturated rings. The molecule has 0 heterocycles. The zero-order valence-corrected chi connectivity index (χ0v) is 13.4. The van der Waals surface area contributed by atoms with Gasteiger partial charge in [-0.1, -0.05) is 42.5 Å². The number of aliphatic hydroxyl groups excluding tert-OH is 1. The molecule has 0 spiro atoms. The summed E-state index contributed by atoms with van der Waals surface area (Å²) in [4.78, 5) is 11.8. The lowest BCUT2D eigenvalue weighted by Gasteiger charge is -2.12. The molecule has 2 N–H and O–H groups in total. The molecule has 2 rings (SSSR count). The molecule has 0 saturated heterocycles. The molecular weight excluding hydrogens is 290 g/mol. The van der Waals surface area contributed by atoms with Crippen molar-refractivity contribution in [1.29, 1.82) is 0 Å². The molecule has 0 bridgehead atoms. The van der Waals surface area contributed by atoms with Crippen LogP contribution in [-0.2, 0) is 17.6 Å². The van der Waals surface area contributed by atoms with Gasteiger partial charge in [-0.2, -0.15) is 0 Å². The summed E-state index contributed by atoms with van der Waals surface area (Å²) in [5.74, 6) is 0.759. The van der Waals surface area contributed by atoms with Gasteiger partial charge in [0.25, 0.3) is 0 Å². The van der Waals surface area contributed by atoms with Crippen LogP contribution in [0.4, 0.5) is 0 Å². The van der Waals surface area contributed by atoms with Crippen molar-refractivity contribution in [2.75, 3.05) is 13.7 Å². The molecule has 0 saturated carbocycles. The van der Waals surface area contributed by atoms with Crippen LogP contribution in [0.1, 0.15) is 17.5 Å². The molecule has 0 aliphatic heterocycles. The number of ether oxygens (including phenoxy) is 1. The molecule has 0 aromatic heterocycles. The lowest BCUT2D eigenvalue weighted by molar-refractivity contribution is -0.121. The topological polar surface area (TPSA) is 58.6 Å². The first-order chi connectivity index (χ1) is 11.2. The van der Waals surface area contributed by atoms with Crippen molar-refractivity contribution in [3.8, 4) is 5.75 Å². The van der Waals surface area contributed by atoms with E-state index in [4.69, 9.17) is 4.74 Å². The highest BCUT2D eigenvalue weighted by Gasteiger charge is 2.08. The Hall–Kier alpha value is -2.33. The smallest absolute Gasteiger partial charge is 0.220 e. The highest BCUT2D eigenvalue weighted by atomic mass is 16.5. The summed E-state index contributed by atoms with van der Waals surface area (Å²) in [6.07, 6.45) is 1.05. The van der Waals surface area contributed by atoms with E-state index in [-0.39, 0.29) is 12.5 Å². The number of carbonyl (C=O) groups excluding carboxylic acids is 1. The van der Waals surface area contributed by atoms with Gasteiger partial charge in [0.15, 0.2) is 0 Å². The number of hydrogen-bond donors (Lipinski definition) is 2. The van der Waals surface area contributed by atoms with Crippen LogP contribution in [0.25, 0.3) is 0 Å². The maximum Gasteiger partial charge on any atom is 0.220 e. The third-order valence-electron chi connectivity index (χ3n) is 3.65. The first-order valence-corrected chi connectivity index (χ1v) is 7.79. The third kappa shape index (κ3) is 6.12. The average Bonchev–Trinajstić information content (AvgIpc) is 2.59. The van der Waals surface area contributed by atoms with Gasteiger partial charge in [0.2, 0.25) is 5.91 Å². The number of amides is 1. The second kappa shape index (κ2) is 8.96. The number of hydrogen-bond acceptors (Lipinski definition) is 3. The zero-order valence-electron chi connectivity index (χ0n) is 13.4. The van der Waals surface area contributed by atoms with E-state index in [0.29, 0.717) is 19.3 Å². The SMILES string of the molecule is COc1ccc(CCC(=O)NCC(O)Cc2ccccc2)cc1. The number of methoxy groups -OCH3 is 1. The van der Waals surface area contributed by atoms with Crippen molar-refractivity contribution in [3.05, 3.63) is 65.7 Å². The predicted octanol–water partition coefficient (Wildman–Crippen LogP) is 2.35. The summed E-state index contributed by atoms with van der Waals surface area (Å²) in [6, 6.07) is 17.4. The fraction of sp³-hybridized carbons (Fsp3) is 0.316. The minimum atomic E-state index is -0.567. The van der Waals surface area contributed by atoms with E-state index in [1.165, 1.54) is 0 Å². The van der Waals surface area contributed by atoms with E-state index >= 15 is 0 Å². The molecule has 0 radical (unpaired) electrons. The average molecular weight is 313 g/mol. The molecule has 0 aliphatic carbocycles.